The first-order valence-corrected chi connectivity index (χ1v) is 3.52. The van der Waals surface area contributed by atoms with Crippen molar-refractivity contribution in [2.24, 2.45) is 5.41 Å². The summed E-state index contributed by atoms with van der Waals surface area (Å²) in [5, 5.41) is 10.5. The number of hydrogen-bond acceptors (Lipinski definition) is 1. The highest BCUT2D eigenvalue weighted by Gasteiger charge is 2.38. The van der Waals surface area contributed by atoms with Crippen molar-refractivity contribution >= 4 is 6.21 Å². The second kappa shape index (κ2) is 2.01. The van der Waals surface area contributed by atoms with Crippen LogP contribution in [0.4, 0.5) is 0 Å². The standard InChI is InChI=1S/C7H13NO/c1-3-7(4-2)5-8(9)6-7/h5H,3-4,6H2,1-2H3. The Hall–Kier alpha value is -0.530. The minimum absolute atomic E-state index is 0.266. The van der Waals surface area contributed by atoms with Gasteiger partial charge in [-0.25, -0.2) is 4.74 Å². The number of rotatable bonds is 2. The summed E-state index contributed by atoms with van der Waals surface area (Å²) in [4.78, 5) is 0. The highest BCUT2D eigenvalue weighted by molar-refractivity contribution is 5.64. The van der Waals surface area contributed by atoms with Crippen molar-refractivity contribution in [2.75, 3.05) is 6.54 Å². The molecule has 1 rings (SSSR count). The molecule has 1 heterocycles. The average molecular weight is 127 g/mol. The molecule has 0 fully saturated rings. The summed E-state index contributed by atoms with van der Waals surface area (Å²) in [5.41, 5.74) is 0.266. The summed E-state index contributed by atoms with van der Waals surface area (Å²) in [6.07, 6.45) is 4.00. The lowest BCUT2D eigenvalue weighted by molar-refractivity contribution is -0.506. The fourth-order valence-corrected chi connectivity index (χ4v) is 1.25. The Kier molecular flexibility index (Phi) is 1.47. The van der Waals surface area contributed by atoms with E-state index in [-0.39, 0.29) is 5.41 Å². The average Bonchev–Trinajstić information content (AvgIpc) is 1.81. The molecule has 0 aliphatic carbocycles. The largest absolute Gasteiger partial charge is 0.624 e. The molecule has 0 bridgehead atoms. The smallest absolute Gasteiger partial charge is 0.167 e. The van der Waals surface area contributed by atoms with Crippen LogP contribution in [-0.2, 0) is 0 Å². The zero-order chi connectivity index (χ0) is 6.91. The van der Waals surface area contributed by atoms with Crippen LogP contribution in [0.2, 0.25) is 0 Å². The van der Waals surface area contributed by atoms with E-state index in [9.17, 15) is 5.21 Å². The quantitative estimate of drug-likeness (QED) is 0.406. The molecule has 0 atom stereocenters. The molecule has 0 aromatic heterocycles. The minimum atomic E-state index is 0.266. The van der Waals surface area contributed by atoms with Crippen LogP contribution in [-0.4, -0.2) is 17.5 Å². The van der Waals surface area contributed by atoms with Crippen LogP contribution >= 0.6 is 0 Å². The van der Waals surface area contributed by atoms with Crippen molar-refractivity contribution in [1.29, 1.82) is 0 Å². The summed E-state index contributed by atoms with van der Waals surface area (Å²) >= 11 is 0. The van der Waals surface area contributed by atoms with Gasteiger partial charge in [-0.3, -0.25) is 0 Å². The molecule has 0 saturated carbocycles. The zero-order valence-electron chi connectivity index (χ0n) is 6.05. The van der Waals surface area contributed by atoms with Crippen LogP contribution in [0.25, 0.3) is 0 Å². The van der Waals surface area contributed by atoms with Gasteiger partial charge in [0.05, 0.1) is 0 Å². The van der Waals surface area contributed by atoms with Gasteiger partial charge < -0.3 is 5.21 Å². The summed E-state index contributed by atoms with van der Waals surface area (Å²) in [7, 11) is 0. The lowest BCUT2D eigenvalue weighted by Crippen LogP contribution is -2.43. The third-order valence-electron chi connectivity index (χ3n) is 2.30. The maximum Gasteiger partial charge on any atom is 0.167 e. The first-order chi connectivity index (χ1) is 4.22. The molecular formula is C7H13NO. The third-order valence-corrected chi connectivity index (χ3v) is 2.30. The molecule has 2 nitrogen and oxygen atoms in total. The molecule has 1 aliphatic heterocycles. The minimum Gasteiger partial charge on any atom is -0.624 e. The highest BCUT2D eigenvalue weighted by Crippen LogP contribution is 2.29. The summed E-state index contributed by atoms with van der Waals surface area (Å²) in [6, 6.07) is 0. The predicted molar refractivity (Wildman–Crippen MR) is 37.6 cm³/mol. The maximum absolute atomic E-state index is 10.5. The SMILES string of the molecule is CCC1(CC)C=[N+]([O-])C1. The van der Waals surface area contributed by atoms with Crippen LogP contribution in [0.5, 0.6) is 0 Å². The first kappa shape index (κ1) is 6.59. The van der Waals surface area contributed by atoms with Gasteiger partial charge in [-0.1, -0.05) is 13.8 Å². The van der Waals surface area contributed by atoms with Gasteiger partial charge in [0.15, 0.2) is 12.8 Å². The number of hydrogen-bond donors (Lipinski definition) is 0. The van der Waals surface area contributed by atoms with Gasteiger partial charge in [-0.05, 0) is 12.8 Å². The second-order valence-corrected chi connectivity index (χ2v) is 2.77. The highest BCUT2D eigenvalue weighted by atomic mass is 16.5. The Morgan fingerprint density at radius 3 is 2.11 bits per heavy atom. The second-order valence-electron chi connectivity index (χ2n) is 2.77. The van der Waals surface area contributed by atoms with Gasteiger partial charge in [0.2, 0.25) is 0 Å². The third kappa shape index (κ3) is 0.934. The van der Waals surface area contributed by atoms with Crippen molar-refractivity contribution in [3.8, 4) is 0 Å². The van der Waals surface area contributed by atoms with Crippen LogP contribution in [0, 0.1) is 10.6 Å². The Labute approximate surface area is 55.8 Å². The molecule has 52 valence electrons. The summed E-state index contributed by atoms with van der Waals surface area (Å²) < 4.78 is 1.02. The van der Waals surface area contributed by atoms with Crippen LogP contribution in [0.15, 0.2) is 0 Å². The molecule has 0 unspecified atom stereocenters. The zero-order valence-corrected chi connectivity index (χ0v) is 6.05. The molecule has 1 aliphatic rings. The van der Waals surface area contributed by atoms with E-state index in [1.807, 2.05) is 0 Å². The van der Waals surface area contributed by atoms with E-state index >= 15 is 0 Å². The lowest BCUT2D eigenvalue weighted by atomic mass is 9.80. The van der Waals surface area contributed by atoms with Crippen molar-refractivity contribution in [1.82, 2.24) is 0 Å². The van der Waals surface area contributed by atoms with E-state index in [1.165, 1.54) is 0 Å². The van der Waals surface area contributed by atoms with Gasteiger partial charge in [0, 0.05) is 0 Å². The fourth-order valence-electron chi connectivity index (χ4n) is 1.25. The van der Waals surface area contributed by atoms with Crippen molar-refractivity contribution in [2.45, 2.75) is 26.7 Å². The van der Waals surface area contributed by atoms with Crippen LogP contribution < -0.4 is 0 Å². The Morgan fingerprint density at radius 1 is 1.56 bits per heavy atom. The first-order valence-electron chi connectivity index (χ1n) is 3.52. The monoisotopic (exact) mass is 127 g/mol. The van der Waals surface area contributed by atoms with E-state index in [1.54, 1.807) is 6.21 Å². The molecule has 0 aromatic rings. The van der Waals surface area contributed by atoms with Crippen LogP contribution in [0.1, 0.15) is 26.7 Å². The van der Waals surface area contributed by atoms with Gasteiger partial charge in [-0.2, -0.15) is 0 Å². The maximum atomic E-state index is 10.5. The summed E-state index contributed by atoms with van der Waals surface area (Å²) in [6.45, 7) is 4.97. The molecule has 0 N–H and O–H groups in total. The Morgan fingerprint density at radius 2 is 2.00 bits per heavy atom. The fraction of sp³-hybridized carbons (Fsp3) is 0.857. The molecule has 0 amide bonds. The van der Waals surface area contributed by atoms with Crippen molar-refractivity contribution in [3.63, 3.8) is 0 Å². The topological polar surface area (TPSA) is 26.1 Å². The molecule has 0 radical (unpaired) electrons. The molecule has 9 heavy (non-hydrogen) atoms. The number of hydroxylamine groups is 1. The normalized spacial score (nSPS) is 22.7. The van der Waals surface area contributed by atoms with Crippen molar-refractivity contribution in [3.05, 3.63) is 5.21 Å². The van der Waals surface area contributed by atoms with Crippen LogP contribution in [0.3, 0.4) is 0 Å². The lowest BCUT2D eigenvalue weighted by Gasteiger charge is -2.31. The number of nitrogens with zero attached hydrogens (tertiary/aromatic N) is 1. The van der Waals surface area contributed by atoms with Gasteiger partial charge >= 0.3 is 0 Å². The molecule has 0 aromatic carbocycles. The summed E-state index contributed by atoms with van der Waals surface area (Å²) in [5.74, 6) is 0. The van der Waals surface area contributed by atoms with Gasteiger partial charge in [0.25, 0.3) is 0 Å². The van der Waals surface area contributed by atoms with Crippen molar-refractivity contribution < 1.29 is 4.74 Å². The van der Waals surface area contributed by atoms with E-state index in [0.717, 1.165) is 17.6 Å². The Balaban J connectivity index is 2.56. The molecule has 0 saturated heterocycles. The van der Waals surface area contributed by atoms with E-state index in [0.29, 0.717) is 6.54 Å². The molecular weight excluding hydrogens is 114 g/mol. The molecule has 2 heteroatoms. The van der Waals surface area contributed by atoms with E-state index < -0.39 is 0 Å². The van der Waals surface area contributed by atoms with E-state index in [2.05, 4.69) is 13.8 Å². The van der Waals surface area contributed by atoms with Gasteiger partial charge in [-0.15, -0.1) is 0 Å². The Bertz CT molecular complexity index is 136. The van der Waals surface area contributed by atoms with E-state index in [4.69, 9.17) is 0 Å². The molecule has 0 spiro atoms. The van der Waals surface area contributed by atoms with Gasteiger partial charge in [0.1, 0.15) is 5.41 Å². The predicted octanol–water partition coefficient (Wildman–Crippen LogP) is 1.39.